The van der Waals surface area contributed by atoms with Crippen LogP contribution in [-0.2, 0) is 24.5 Å². The fourth-order valence-corrected chi connectivity index (χ4v) is 10.7. The lowest BCUT2D eigenvalue weighted by Gasteiger charge is -2.46. The largest absolute Gasteiger partial charge is 0.508 e. The number of carbonyl (C=O) groups is 3. The molecule has 6 unspecified atom stereocenters. The average Bonchev–Trinajstić information content (AvgIpc) is 3.67. The number of carbonyl (C=O) groups excluding carboxylic acids is 3. The Morgan fingerprint density at radius 2 is 1.42 bits per heavy atom. The summed E-state index contributed by atoms with van der Waals surface area (Å²) < 4.78 is 6.58. The first-order chi connectivity index (χ1) is 30.2. The van der Waals surface area contributed by atoms with E-state index in [1.54, 1.807) is 47.6 Å². The number of aromatic nitrogens is 2. The van der Waals surface area contributed by atoms with Crippen LogP contribution in [0.2, 0.25) is 0 Å². The highest BCUT2D eigenvalue weighted by molar-refractivity contribution is 6.12. The van der Waals surface area contributed by atoms with Gasteiger partial charge in [0.15, 0.2) is 0 Å². The molecule has 1 aliphatic carbocycles. The Morgan fingerprint density at radius 3 is 2.10 bits per heavy atom. The van der Waals surface area contributed by atoms with E-state index in [0.29, 0.717) is 67.3 Å². The molecule has 4 aromatic carbocycles. The predicted octanol–water partition coefficient (Wildman–Crippen LogP) is 6.24. The van der Waals surface area contributed by atoms with Gasteiger partial charge in [0.25, 0.3) is 0 Å². The van der Waals surface area contributed by atoms with Crippen molar-refractivity contribution >= 4 is 29.4 Å². The van der Waals surface area contributed by atoms with Gasteiger partial charge >= 0.3 is 5.97 Å². The van der Waals surface area contributed by atoms with Crippen molar-refractivity contribution in [1.29, 1.82) is 0 Å². The first-order valence-corrected chi connectivity index (χ1v) is 21.6. The highest BCUT2D eigenvalue weighted by Gasteiger charge is 2.74. The number of anilines is 2. The number of aromatic hydroxyl groups is 1. The molecule has 12 heteroatoms. The number of hydrogen-bond donors (Lipinski definition) is 3. The van der Waals surface area contributed by atoms with Gasteiger partial charge < -0.3 is 30.1 Å². The number of nitrogens with one attached hydrogen (secondary N) is 1. The van der Waals surface area contributed by atoms with Crippen molar-refractivity contribution in [2.24, 2.45) is 5.92 Å². The van der Waals surface area contributed by atoms with Gasteiger partial charge in [-0.25, -0.2) is 9.97 Å². The molecule has 62 heavy (non-hydrogen) atoms. The van der Waals surface area contributed by atoms with E-state index in [0.717, 1.165) is 36.8 Å². The molecule has 10 rings (SSSR count). The number of hydrogen-bond acceptors (Lipinski definition) is 10. The summed E-state index contributed by atoms with van der Waals surface area (Å²) in [5, 5.41) is 25.4. The zero-order valence-corrected chi connectivity index (χ0v) is 34.3. The van der Waals surface area contributed by atoms with E-state index >= 15 is 14.4 Å². The predicted molar refractivity (Wildman–Crippen MR) is 232 cm³/mol. The zero-order chi connectivity index (χ0) is 42.4. The van der Waals surface area contributed by atoms with E-state index in [-0.39, 0.29) is 11.7 Å². The number of cyclic esters (lactones) is 1. The van der Waals surface area contributed by atoms with Crippen LogP contribution in [0.4, 0.5) is 11.6 Å². The molecule has 0 radical (unpaired) electrons. The number of nitrogens with zero attached hydrogens (tertiary/aromatic N) is 5. The molecule has 3 saturated heterocycles. The third kappa shape index (κ3) is 6.76. The number of aliphatic hydroxyl groups is 1. The Kier molecular flexibility index (Phi) is 10.2. The van der Waals surface area contributed by atoms with Crippen LogP contribution in [-0.4, -0.2) is 85.6 Å². The lowest BCUT2D eigenvalue weighted by atomic mass is 9.65. The van der Waals surface area contributed by atoms with Crippen molar-refractivity contribution in [2.75, 3.05) is 36.4 Å². The molecule has 6 atom stereocenters. The molecule has 1 saturated carbocycles. The Hall–Kier alpha value is -6.55. The van der Waals surface area contributed by atoms with Crippen molar-refractivity contribution in [2.45, 2.75) is 73.8 Å². The number of fused-ring (bicyclic) bond motifs is 3. The highest BCUT2D eigenvalue weighted by atomic mass is 16.6. The Morgan fingerprint density at radius 1 is 0.758 bits per heavy atom. The average molecular weight is 829 g/mol. The normalized spacial score (nSPS) is 26.7. The summed E-state index contributed by atoms with van der Waals surface area (Å²) in [4.78, 5) is 61.3. The van der Waals surface area contributed by atoms with Gasteiger partial charge in [-0.15, -0.1) is 0 Å². The number of phenolic OH excluding ortho intramolecular Hbond substituents is 1. The van der Waals surface area contributed by atoms with Gasteiger partial charge in [0.05, 0.1) is 18.0 Å². The number of morpholine rings is 1. The molecule has 1 spiro atoms. The smallest absolute Gasteiger partial charge is 0.324 e. The van der Waals surface area contributed by atoms with Crippen LogP contribution in [0.3, 0.4) is 0 Å². The van der Waals surface area contributed by atoms with Crippen LogP contribution in [0.25, 0.3) is 0 Å². The molecule has 12 nitrogen and oxygen atoms in total. The number of esters is 1. The number of ether oxygens (including phenoxy) is 1. The summed E-state index contributed by atoms with van der Waals surface area (Å²) in [6.45, 7) is 1.51. The van der Waals surface area contributed by atoms with E-state index in [1.165, 1.54) is 0 Å². The fourth-order valence-electron chi connectivity index (χ4n) is 10.7. The topological polar surface area (TPSA) is 148 Å². The van der Waals surface area contributed by atoms with Gasteiger partial charge in [-0.1, -0.05) is 97.5 Å². The van der Waals surface area contributed by atoms with Gasteiger partial charge in [-0.2, -0.15) is 0 Å². The minimum absolute atomic E-state index is 0.0374. The maximum absolute atomic E-state index is 15.8. The molecule has 3 N–H and O–H groups in total. The molecule has 5 aliphatic rings. The maximum Gasteiger partial charge on any atom is 0.324 e. The molecule has 4 fully saturated rings. The molecular weight excluding hydrogens is 781 g/mol. The van der Waals surface area contributed by atoms with Gasteiger partial charge in [-0.3, -0.25) is 19.3 Å². The van der Waals surface area contributed by atoms with Crippen molar-refractivity contribution < 1.29 is 29.3 Å². The number of benzene rings is 4. The molecule has 1 aromatic heterocycles. The minimum Gasteiger partial charge on any atom is -0.508 e. The van der Waals surface area contributed by atoms with Crippen LogP contribution >= 0.6 is 0 Å². The highest BCUT2D eigenvalue weighted by Crippen LogP contribution is 2.65. The van der Waals surface area contributed by atoms with Crippen molar-refractivity contribution in [3.8, 4) is 17.6 Å². The van der Waals surface area contributed by atoms with Crippen molar-refractivity contribution in [1.82, 2.24) is 19.8 Å². The second-order valence-corrected chi connectivity index (χ2v) is 17.1. The third-order valence-electron chi connectivity index (χ3n) is 13.6. The molecule has 4 aliphatic heterocycles. The summed E-state index contributed by atoms with van der Waals surface area (Å²) in [6.07, 6.45) is 7.63. The number of phenols is 1. The lowest BCUT2D eigenvalue weighted by molar-refractivity contribution is -0.179. The summed E-state index contributed by atoms with van der Waals surface area (Å²) in [7, 11) is 0. The summed E-state index contributed by atoms with van der Waals surface area (Å²) in [5.74, 6) is 4.44. The van der Waals surface area contributed by atoms with Crippen molar-refractivity contribution in [3.05, 3.63) is 149 Å². The third-order valence-corrected chi connectivity index (χ3v) is 13.6. The molecule has 5 aromatic rings. The fraction of sp³-hybridized carbons (Fsp3) is 0.340. The summed E-state index contributed by atoms with van der Waals surface area (Å²) in [5.41, 5.74) is 1.08. The van der Waals surface area contributed by atoms with Crippen LogP contribution in [0.1, 0.15) is 84.5 Å². The molecule has 5 heterocycles. The van der Waals surface area contributed by atoms with Gasteiger partial charge in [0.2, 0.25) is 17.8 Å². The van der Waals surface area contributed by atoms with E-state index in [1.807, 2.05) is 83.8 Å². The van der Waals surface area contributed by atoms with Crippen LogP contribution < -0.4 is 10.2 Å². The van der Waals surface area contributed by atoms with E-state index in [9.17, 15) is 10.2 Å². The van der Waals surface area contributed by atoms with Gasteiger partial charge in [0, 0.05) is 49.8 Å². The molecule has 2 amide bonds. The Labute approximate surface area is 360 Å². The Balaban J connectivity index is 1.18. The second-order valence-electron chi connectivity index (χ2n) is 17.1. The lowest BCUT2D eigenvalue weighted by Crippen LogP contribution is -2.58. The maximum atomic E-state index is 15.8. The number of piperazine rings is 1. The van der Waals surface area contributed by atoms with E-state index < -0.39 is 53.0 Å². The number of rotatable bonds is 5. The SMILES string of the molecule is O=C1OC(c2ccccc2)C(c2ccccc2)N2C1C(C(=O)N1CCN(c3ncccn3)CC1)C1(C(=O)Nc3ccc(C#CC4(O)CCCCCC4)cc31)C2c1ccc(O)cc1. The number of amides is 2. The Bertz CT molecular complexity index is 2530. The molecular formula is C50H48N6O6. The minimum atomic E-state index is -1.69. The van der Waals surface area contributed by atoms with Crippen LogP contribution in [0.5, 0.6) is 5.75 Å². The van der Waals surface area contributed by atoms with Crippen LogP contribution in [0, 0.1) is 17.8 Å². The van der Waals surface area contributed by atoms with Gasteiger partial charge in [0.1, 0.15) is 28.9 Å². The quantitative estimate of drug-likeness (QED) is 0.106. The second kappa shape index (κ2) is 16.0. The van der Waals surface area contributed by atoms with Crippen LogP contribution in [0.15, 0.2) is 122 Å². The van der Waals surface area contributed by atoms with E-state index in [4.69, 9.17) is 4.74 Å². The molecule has 314 valence electrons. The summed E-state index contributed by atoms with van der Waals surface area (Å²) >= 11 is 0. The zero-order valence-electron chi connectivity index (χ0n) is 34.3. The first kappa shape index (κ1) is 39.6. The van der Waals surface area contributed by atoms with Crippen molar-refractivity contribution in [3.63, 3.8) is 0 Å². The van der Waals surface area contributed by atoms with E-state index in [2.05, 4.69) is 32.0 Å². The van der Waals surface area contributed by atoms with Gasteiger partial charge in [-0.05, 0) is 84.3 Å². The molecule has 0 bridgehead atoms. The first-order valence-electron chi connectivity index (χ1n) is 21.6. The monoisotopic (exact) mass is 828 g/mol. The standard InChI is InChI=1S/C50H48N6O6/c57-37-19-17-36(18-20-37)44-50(38-32-33(16-21-39(38)53-47(50)60)22-25-49(61)23-9-1-2-10-24-49)40(45(58)54-28-30-55(31-29-54)48-51-26-11-27-52-48)42-46(59)62-43(35-14-7-4-8-15-35)41(56(42)44)34-12-5-3-6-13-34/h3-8,11-21,26-27,32,40-44,57,61H,1-2,9-10,23-24,28-31H2,(H,53,60). The summed E-state index contributed by atoms with van der Waals surface area (Å²) in [6, 6.07) is 30.6.